The third kappa shape index (κ3) is 5.26. The number of anilines is 2. The number of fused-ring (bicyclic) bond motifs is 3. The number of carbonyl (C=O) groups excluding carboxylic acids is 2. The van der Waals surface area contributed by atoms with Crippen molar-refractivity contribution in [2.24, 2.45) is 0 Å². The molecule has 0 spiro atoms. The summed E-state index contributed by atoms with van der Waals surface area (Å²) in [5.74, 6) is 0.0352. The Balaban J connectivity index is 0.00000320. The number of piperazine rings is 1. The van der Waals surface area contributed by atoms with Gasteiger partial charge in [-0.1, -0.05) is 23.2 Å². The summed E-state index contributed by atoms with van der Waals surface area (Å²) in [4.78, 5) is 34.0. The van der Waals surface area contributed by atoms with E-state index >= 15 is 0 Å². The number of amides is 3. The zero-order valence-electron chi connectivity index (χ0n) is 20.0. The first-order valence-electron chi connectivity index (χ1n) is 11.2. The Hall–Kier alpha value is -3.24. The van der Waals surface area contributed by atoms with E-state index in [0.29, 0.717) is 52.0 Å². The predicted octanol–water partition coefficient (Wildman–Crippen LogP) is 5.75. The minimum Gasteiger partial charge on any atom is -0.493 e. The van der Waals surface area contributed by atoms with Gasteiger partial charge in [-0.05, 0) is 37.4 Å². The van der Waals surface area contributed by atoms with Crippen LogP contribution in [0.1, 0.15) is 10.4 Å². The maximum absolute atomic E-state index is 13.4. The number of urea groups is 1. The van der Waals surface area contributed by atoms with Gasteiger partial charge in [0.15, 0.2) is 11.3 Å². The molecule has 0 atom stereocenters. The van der Waals surface area contributed by atoms with Crippen molar-refractivity contribution in [1.29, 1.82) is 0 Å². The van der Waals surface area contributed by atoms with Crippen LogP contribution in [-0.2, 0) is 0 Å². The first-order valence-corrected chi connectivity index (χ1v) is 12.0. The van der Waals surface area contributed by atoms with Gasteiger partial charge in [0, 0.05) is 55.0 Å². The summed E-state index contributed by atoms with van der Waals surface area (Å²) >= 11 is 12.4. The van der Waals surface area contributed by atoms with Crippen LogP contribution in [0.25, 0.3) is 21.9 Å². The molecule has 12 heteroatoms. The number of nitrogens with one attached hydrogen (secondary N) is 2. The van der Waals surface area contributed by atoms with E-state index in [4.69, 9.17) is 32.4 Å². The largest absolute Gasteiger partial charge is 0.493 e. The third-order valence-corrected chi connectivity index (χ3v) is 6.75. The van der Waals surface area contributed by atoms with E-state index in [2.05, 4.69) is 20.5 Å². The average molecular weight is 565 g/mol. The number of halogens is 3. The van der Waals surface area contributed by atoms with Crippen LogP contribution < -0.4 is 15.4 Å². The first kappa shape index (κ1) is 26.8. The average Bonchev–Trinajstić information content (AvgIpc) is 3.25. The molecule has 0 aliphatic carbocycles. The molecule has 0 bridgehead atoms. The van der Waals surface area contributed by atoms with Crippen molar-refractivity contribution in [3.63, 3.8) is 0 Å². The number of nitrogens with zero attached hydrogens (tertiary/aromatic N) is 3. The maximum atomic E-state index is 13.4. The molecular weight excluding hydrogens is 541 g/mol. The normalized spacial score (nSPS) is 13.9. The van der Waals surface area contributed by atoms with Crippen LogP contribution in [0.3, 0.4) is 0 Å². The second kappa shape index (κ2) is 11.0. The van der Waals surface area contributed by atoms with Gasteiger partial charge < -0.3 is 29.6 Å². The Morgan fingerprint density at radius 3 is 2.41 bits per heavy atom. The minimum absolute atomic E-state index is 0. The smallest absolute Gasteiger partial charge is 0.321 e. The number of methoxy groups -OCH3 is 1. The number of aromatic nitrogens is 1. The molecule has 194 valence electrons. The molecule has 37 heavy (non-hydrogen) atoms. The topological polar surface area (TPSA) is 99.9 Å². The van der Waals surface area contributed by atoms with E-state index in [1.54, 1.807) is 35.2 Å². The van der Waals surface area contributed by atoms with Gasteiger partial charge in [0.25, 0.3) is 5.91 Å². The molecule has 2 aromatic carbocycles. The summed E-state index contributed by atoms with van der Waals surface area (Å²) in [6.07, 6.45) is 2.80. The number of furan rings is 1. The zero-order valence-corrected chi connectivity index (χ0v) is 22.3. The lowest BCUT2D eigenvalue weighted by Crippen LogP contribution is -2.48. The number of likely N-dealkylation sites (N-methyl/N-ethyl adjacent to an activating group) is 1. The highest BCUT2D eigenvalue weighted by molar-refractivity contribution is 6.40. The van der Waals surface area contributed by atoms with Crippen molar-refractivity contribution < 1.29 is 18.7 Å². The van der Waals surface area contributed by atoms with Gasteiger partial charge in [0.2, 0.25) is 0 Å². The molecule has 3 amide bonds. The van der Waals surface area contributed by atoms with Crippen molar-refractivity contribution in [3.05, 3.63) is 58.3 Å². The predicted molar refractivity (Wildman–Crippen MR) is 148 cm³/mol. The summed E-state index contributed by atoms with van der Waals surface area (Å²) < 4.78 is 11.5. The van der Waals surface area contributed by atoms with Gasteiger partial charge in [-0.3, -0.25) is 9.78 Å². The molecule has 1 aliphatic rings. The SMILES string of the molecule is COc1ccc(C(=O)Nc2c(Cl)cncc2Cl)c2c1oc1ccc(NC(=O)N3CCN(C)CC3)cc12.Cl. The number of benzene rings is 2. The Labute approximate surface area is 229 Å². The lowest BCUT2D eigenvalue weighted by molar-refractivity contribution is 0.102. The number of pyridine rings is 1. The molecule has 0 unspecified atom stereocenters. The Morgan fingerprint density at radius 1 is 1.03 bits per heavy atom. The van der Waals surface area contributed by atoms with Gasteiger partial charge in [-0.25, -0.2) is 4.79 Å². The number of ether oxygens (including phenoxy) is 1. The lowest BCUT2D eigenvalue weighted by Gasteiger charge is -2.32. The summed E-state index contributed by atoms with van der Waals surface area (Å²) in [7, 11) is 3.56. The number of hydrogen-bond donors (Lipinski definition) is 2. The summed E-state index contributed by atoms with van der Waals surface area (Å²) in [5.41, 5.74) is 2.13. The van der Waals surface area contributed by atoms with Crippen molar-refractivity contribution in [3.8, 4) is 5.75 Å². The molecular formula is C25H24Cl3N5O4. The molecule has 9 nitrogen and oxygen atoms in total. The second-order valence-corrected chi connectivity index (χ2v) is 9.30. The molecule has 3 heterocycles. The van der Waals surface area contributed by atoms with Gasteiger partial charge in [-0.2, -0.15) is 0 Å². The summed E-state index contributed by atoms with van der Waals surface area (Å²) in [5, 5.41) is 7.34. The Morgan fingerprint density at radius 2 is 1.73 bits per heavy atom. The van der Waals surface area contributed by atoms with Gasteiger partial charge in [0.05, 0.1) is 28.4 Å². The third-order valence-electron chi connectivity index (χ3n) is 6.18. The van der Waals surface area contributed by atoms with Crippen LogP contribution in [0.2, 0.25) is 10.0 Å². The van der Waals surface area contributed by atoms with Gasteiger partial charge in [-0.15, -0.1) is 12.4 Å². The fraction of sp³-hybridized carbons (Fsp3) is 0.240. The number of carbonyl (C=O) groups is 2. The zero-order chi connectivity index (χ0) is 25.4. The molecule has 5 rings (SSSR count). The highest BCUT2D eigenvalue weighted by atomic mass is 35.5. The van der Waals surface area contributed by atoms with Gasteiger partial charge >= 0.3 is 6.03 Å². The highest BCUT2D eigenvalue weighted by Crippen LogP contribution is 2.39. The summed E-state index contributed by atoms with van der Waals surface area (Å²) in [6.45, 7) is 2.95. The molecule has 1 fully saturated rings. The highest BCUT2D eigenvalue weighted by Gasteiger charge is 2.23. The van der Waals surface area contributed by atoms with Crippen molar-refractivity contribution >= 4 is 80.9 Å². The summed E-state index contributed by atoms with van der Waals surface area (Å²) in [6, 6.07) is 8.44. The number of hydrogen-bond acceptors (Lipinski definition) is 6. The monoisotopic (exact) mass is 563 g/mol. The molecule has 2 N–H and O–H groups in total. The van der Waals surface area contributed by atoms with Crippen molar-refractivity contribution in [2.45, 2.75) is 0 Å². The van der Waals surface area contributed by atoms with Crippen LogP contribution in [0.15, 0.2) is 47.1 Å². The Kier molecular flexibility index (Phi) is 7.99. The first-order chi connectivity index (χ1) is 17.4. The van der Waals surface area contributed by atoms with E-state index in [9.17, 15) is 9.59 Å². The minimum atomic E-state index is -0.438. The van der Waals surface area contributed by atoms with E-state index < -0.39 is 5.91 Å². The van der Waals surface area contributed by atoms with Crippen LogP contribution >= 0.6 is 35.6 Å². The van der Waals surface area contributed by atoms with Crippen molar-refractivity contribution in [2.75, 3.05) is 51.0 Å². The van der Waals surface area contributed by atoms with Crippen LogP contribution in [-0.4, -0.2) is 67.1 Å². The molecule has 0 radical (unpaired) electrons. The molecule has 0 saturated carbocycles. The van der Waals surface area contributed by atoms with Crippen LogP contribution in [0.4, 0.5) is 16.2 Å². The molecule has 2 aromatic heterocycles. The molecule has 4 aromatic rings. The Bertz CT molecular complexity index is 1460. The van der Waals surface area contributed by atoms with E-state index in [1.165, 1.54) is 19.5 Å². The van der Waals surface area contributed by atoms with Crippen LogP contribution in [0, 0.1) is 0 Å². The van der Waals surface area contributed by atoms with Crippen molar-refractivity contribution in [1.82, 2.24) is 14.8 Å². The maximum Gasteiger partial charge on any atom is 0.321 e. The second-order valence-electron chi connectivity index (χ2n) is 8.49. The van der Waals surface area contributed by atoms with E-state index in [1.807, 2.05) is 7.05 Å². The molecule has 1 saturated heterocycles. The van der Waals surface area contributed by atoms with Gasteiger partial charge in [0.1, 0.15) is 5.58 Å². The number of rotatable bonds is 4. The fourth-order valence-electron chi connectivity index (χ4n) is 4.21. The van der Waals surface area contributed by atoms with Crippen LogP contribution in [0.5, 0.6) is 5.75 Å². The standard InChI is InChI=1S/C25H23Cl2N5O4.ClH/c1-31-7-9-32(10-8-31)25(34)29-14-3-5-19-16(11-14)21-15(4-6-20(35-2)23(21)36-19)24(33)30-22-17(26)12-28-13-18(22)27;/h3-6,11-13H,7-10H2,1-2H3,(H,29,34)(H,28,30,33);1H. The quantitative estimate of drug-likeness (QED) is 0.327. The van der Waals surface area contributed by atoms with E-state index in [0.717, 1.165) is 13.1 Å². The lowest BCUT2D eigenvalue weighted by atomic mass is 10.0. The molecule has 1 aliphatic heterocycles. The fourth-order valence-corrected chi connectivity index (χ4v) is 4.67. The van der Waals surface area contributed by atoms with E-state index in [-0.39, 0.29) is 34.2 Å².